The molecule has 0 aliphatic carbocycles. The smallest absolute Gasteiger partial charge is 0.407 e. The zero-order valence-electron chi connectivity index (χ0n) is 19.8. The number of carbonyl (C=O) groups is 2. The van der Waals surface area contributed by atoms with Gasteiger partial charge in [0.25, 0.3) is 0 Å². The minimum atomic E-state index is -0.461. The molecule has 1 aromatic heterocycles. The third kappa shape index (κ3) is 5.64. The summed E-state index contributed by atoms with van der Waals surface area (Å²) < 4.78 is 7.14. The fourth-order valence-electron chi connectivity index (χ4n) is 4.12. The molecule has 0 radical (unpaired) electrons. The topological polar surface area (TPSA) is 92.6 Å². The van der Waals surface area contributed by atoms with Crippen molar-refractivity contribution in [1.82, 2.24) is 25.2 Å². The van der Waals surface area contributed by atoms with Crippen LogP contribution in [0.4, 0.5) is 10.5 Å². The number of amides is 2. The Morgan fingerprint density at radius 1 is 1.31 bits per heavy atom. The number of benzene rings is 1. The number of aryl methyl sites for hydroxylation is 1. The normalized spacial score (nSPS) is 18.1. The first kappa shape index (κ1) is 23.7. The van der Waals surface area contributed by atoms with E-state index in [1.165, 1.54) is 0 Å². The van der Waals surface area contributed by atoms with Crippen LogP contribution in [0.2, 0.25) is 0 Å². The first-order valence-electron chi connectivity index (χ1n) is 11.1. The summed E-state index contributed by atoms with van der Waals surface area (Å²) in [6.07, 6.45) is 2.84. The number of hydrogen-bond acceptors (Lipinski definition) is 6. The van der Waals surface area contributed by atoms with Gasteiger partial charge in [-0.05, 0) is 71.9 Å². The van der Waals surface area contributed by atoms with E-state index >= 15 is 0 Å². The third-order valence-corrected chi connectivity index (χ3v) is 5.48. The van der Waals surface area contributed by atoms with E-state index in [2.05, 4.69) is 20.5 Å². The van der Waals surface area contributed by atoms with Crippen molar-refractivity contribution in [3.05, 3.63) is 30.0 Å². The molecular weight excluding hydrogens is 408 g/mol. The van der Waals surface area contributed by atoms with Gasteiger partial charge in [0.05, 0.1) is 18.3 Å². The van der Waals surface area contributed by atoms with Gasteiger partial charge in [-0.2, -0.15) is 0 Å². The first-order valence-corrected chi connectivity index (χ1v) is 11.1. The van der Waals surface area contributed by atoms with Crippen molar-refractivity contribution in [3.63, 3.8) is 0 Å². The highest BCUT2D eigenvalue weighted by molar-refractivity contribution is 5.94. The number of hydrogen-bond donors (Lipinski definition) is 1. The number of aromatic nitrogens is 3. The lowest BCUT2D eigenvalue weighted by Crippen LogP contribution is -2.45. The Hall–Kier alpha value is -2.94. The number of fused-ring (bicyclic) bond motifs is 1. The molecule has 1 aliphatic rings. The number of nitrogens with one attached hydrogen (secondary N) is 1. The summed E-state index contributed by atoms with van der Waals surface area (Å²) >= 11 is 0. The second kappa shape index (κ2) is 10.1. The summed E-state index contributed by atoms with van der Waals surface area (Å²) in [5.74, 6) is -0.0263. The van der Waals surface area contributed by atoms with E-state index in [9.17, 15) is 9.59 Å². The van der Waals surface area contributed by atoms with E-state index in [4.69, 9.17) is 4.74 Å². The van der Waals surface area contributed by atoms with E-state index in [1.807, 2.05) is 63.9 Å². The molecule has 0 spiro atoms. The average molecular weight is 443 g/mol. The van der Waals surface area contributed by atoms with Gasteiger partial charge in [-0.15, -0.1) is 5.10 Å². The van der Waals surface area contributed by atoms with Crippen LogP contribution < -0.4 is 10.2 Å². The van der Waals surface area contributed by atoms with Crippen LogP contribution in [0.1, 0.15) is 52.1 Å². The molecule has 2 heterocycles. The molecule has 174 valence electrons. The van der Waals surface area contributed by atoms with Crippen LogP contribution in [0.5, 0.6) is 0 Å². The second-order valence-electron chi connectivity index (χ2n) is 8.92. The molecule has 2 atom stereocenters. The van der Waals surface area contributed by atoms with Crippen molar-refractivity contribution in [2.45, 2.75) is 65.3 Å². The first-order chi connectivity index (χ1) is 15.2. The van der Waals surface area contributed by atoms with Gasteiger partial charge in [0.1, 0.15) is 5.69 Å². The third-order valence-electron chi connectivity index (χ3n) is 5.48. The molecule has 32 heavy (non-hydrogen) atoms. The van der Waals surface area contributed by atoms with Crippen LogP contribution in [-0.2, 0) is 16.1 Å². The minimum Gasteiger partial charge on any atom is -0.447 e. The summed E-state index contributed by atoms with van der Waals surface area (Å²) in [5.41, 5.74) is 3.32. The van der Waals surface area contributed by atoms with Gasteiger partial charge in [0, 0.05) is 30.8 Å². The van der Waals surface area contributed by atoms with E-state index < -0.39 is 6.09 Å². The number of nitrogens with zero attached hydrogens (tertiary/aromatic N) is 5. The van der Waals surface area contributed by atoms with Crippen molar-refractivity contribution in [1.29, 1.82) is 0 Å². The molecule has 2 amide bonds. The SMILES string of the molecule is CC(=O)N1c2ccc(-c3cn(CCCN(C)C)nn3)cc2[C@H](NC(=O)OC(C)C)C[C@@H]1C. The summed E-state index contributed by atoms with van der Waals surface area (Å²) in [5, 5.41) is 11.6. The van der Waals surface area contributed by atoms with Crippen molar-refractivity contribution in [3.8, 4) is 11.3 Å². The summed E-state index contributed by atoms with van der Waals surface area (Å²) in [7, 11) is 4.10. The zero-order valence-corrected chi connectivity index (χ0v) is 19.8. The highest BCUT2D eigenvalue weighted by Gasteiger charge is 2.34. The summed E-state index contributed by atoms with van der Waals surface area (Å²) in [6.45, 7) is 8.95. The number of ether oxygens (including phenoxy) is 1. The van der Waals surface area contributed by atoms with Crippen molar-refractivity contribution in [2.24, 2.45) is 0 Å². The molecule has 0 saturated carbocycles. The largest absolute Gasteiger partial charge is 0.447 e. The number of carbonyl (C=O) groups excluding carboxylic acids is 2. The molecule has 0 bridgehead atoms. The van der Waals surface area contributed by atoms with Crippen molar-refractivity contribution < 1.29 is 14.3 Å². The molecule has 1 aromatic carbocycles. The molecule has 0 unspecified atom stereocenters. The molecule has 0 fully saturated rings. The van der Waals surface area contributed by atoms with E-state index in [0.717, 1.165) is 42.0 Å². The van der Waals surface area contributed by atoms with Crippen LogP contribution in [0.15, 0.2) is 24.4 Å². The molecule has 3 rings (SSSR count). The van der Waals surface area contributed by atoms with Crippen molar-refractivity contribution >= 4 is 17.7 Å². The molecule has 0 saturated heterocycles. The Balaban J connectivity index is 1.89. The second-order valence-corrected chi connectivity index (χ2v) is 8.92. The fraction of sp³-hybridized carbons (Fsp3) is 0.565. The predicted molar refractivity (Wildman–Crippen MR) is 123 cm³/mol. The maximum Gasteiger partial charge on any atom is 0.407 e. The van der Waals surface area contributed by atoms with Gasteiger partial charge in [-0.25, -0.2) is 4.79 Å². The van der Waals surface area contributed by atoms with Crippen LogP contribution in [0.3, 0.4) is 0 Å². The number of rotatable bonds is 7. The van der Waals surface area contributed by atoms with Gasteiger partial charge in [0.2, 0.25) is 5.91 Å². The highest BCUT2D eigenvalue weighted by Crippen LogP contribution is 2.39. The summed E-state index contributed by atoms with van der Waals surface area (Å²) in [6, 6.07) is 5.55. The predicted octanol–water partition coefficient (Wildman–Crippen LogP) is 3.22. The van der Waals surface area contributed by atoms with E-state index in [-0.39, 0.29) is 24.1 Å². The Bertz CT molecular complexity index is 955. The Kier molecular flexibility index (Phi) is 7.50. The fourth-order valence-corrected chi connectivity index (χ4v) is 4.12. The van der Waals surface area contributed by atoms with Gasteiger partial charge >= 0.3 is 6.09 Å². The maximum atomic E-state index is 12.3. The number of alkyl carbamates (subject to hydrolysis) is 1. The lowest BCUT2D eigenvalue weighted by Gasteiger charge is -2.39. The van der Waals surface area contributed by atoms with Gasteiger partial charge < -0.3 is 19.9 Å². The van der Waals surface area contributed by atoms with E-state index in [0.29, 0.717) is 6.42 Å². The standard InChI is InChI=1S/C23H34N6O3/c1-15(2)32-23(31)24-20-12-16(3)29(17(4)30)22-9-8-18(13-19(20)22)21-14-28(26-25-21)11-7-10-27(5)6/h8-9,13-16,20H,7,10-12H2,1-6H3,(H,24,31)/t16-,20+/m0/s1. The lowest BCUT2D eigenvalue weighted by molar-refractivity contribution is -0.117. The van der Waals surface area contributed by atoms with Crippen LogP contribution in [0.25, 0.3) is 11.3 Å². The average Bonchev–Trinajstić information content (AvgIpc) is 3.15. The Morgan fingerprint density at radius 3 is 2.72 bits per heavy atom. The van der Waals surface area contributed by atoms with Crippen molar-refractivity contribution in [2.75, 3.05) is 25.5 Å². The monoisotopic (exact) mass is 442 g/mol. The van der Waals surface area contributed by atoms with Crippen LogP contribution in [-0.4, -0.2) is 64.7 Å². The number of anilines is 1. The molecule has 1 aliphatic heterocycles. The Morgan fingerprint density at radius 2 is 2.06 bits per heavy atom. The lowest BCUT2D eigenvalue weighted by atomic mass is 9.90. The van der Waals surface area contributed by atoms with Gasteiger partial charge in [-0.1, -0.05) is 11.3 Å². The summed E-state index contributed by atoms with van der Waals surface area (Å²) in [4.78, 5) is 28.6. The minimum absolute atomic E-state index is 0.0263. The van der Waals surface area contributed by atoms with Crippen LogP contribution in [0, 0.1) is 0 Å². The van der Waals surface area contributed by atoms with E-state index in [1.54, 1.807) is 11.8 Å². The van der Waals surface area contributed by atoms with Gasteiger partial charge in [-0.3, -0.25) is 9.48 Å². The van der Waals surface area contributed by atoms with Crippen LogP contribution >= 0.6 is 0 Å². The molecular formula is C23H34N6O3. The molecule has 9 heteroatoms. The van der Waals surface area contributed by atoms with Gasteiger partial charge in [0.15, 0.2) is 0 Å². The molecule has 9 nitrogen and oxygen atoms in total. The quantitative estimate of drug-likeness (QED) is 0.708. The molecule has 1 N–H and O–H groups in total. The zero-order chi connectivity index (χ0) is 23.4. The highest BCUT2D eigenvalue weighted by atomic mass is 16.6. The Labute approximate surface area is 189 Å². The maximum absolute atomic E-state index is 12.3. The molecule has 2 aromatic rings.